The fourth-order valence-corrected chi connectivity index (χ4v) is 7.81. The Balaban J connectivity index is 0.000000185. The molecule has 1 amide bonds. The molecule has 47 heavy (non-hydrogen) atoms. The van der Waals surface area contributed by atoms with Crippen molar-refractivity contribution in [2.45, 2.75) is 50.5 Å². The van der Waals surface area contributed by atoms with Gasteiger partial charge >= 0.3 is 0 Å². The molecule has 0 spiro atoms. The summed E-state index contributed by atoms with van der Waals surface area (Å²) in [5, 5.41) is 2.90. The van der Waals surface area contributed by atoms with Crippen molar-refractivity contribution in [1.29, 1.82) is 0 Å². The number of amides is 1. The number of methoxy groups -OCH3 is 1. The van der Waals surface area contributed by atoms with Crippen molar-refractivity contribution in [3.05, 3.63) is 94.1 Å². The van der Waals surface area contributed by atoms with Gasteiger partial charge in [0.1, 0.15) is 5.75 Å². The Bertz CT molecular complexity index is 1700. The molecule has 9 heteroatoms. The summed E-state index contributed by atoms with van der Waals surface area (Å²) in [6.45, 7) is 8.48. The first kappa shape index (κ1) is 34.4. The molecule has 0 radical (unpaired) electrons. The highest BCUT2D eigenvalue weighted by Crippen LogP contribution is 2.38. The topological polar surface area (TPSA) is 105 Å². The first-order valence-corrected chi connectivity index (χ1v) is 18.3. The zero-order valence-corrected chi connectivity index (χ0v) is 28.9. The van der Waals surface area contributed by atoms with Crippen LogP contribution in [-0.2, 0) is 9.84 Å². The summed E-state index contributed by atoms with van der Waals surface area (Å²) in [5.74, 6) is -0.172. The third kappa shape index (κ3) is 7.80. The van der Waals surface area contributed by atoms with Crippen molar-refractivity contribution in [2.75, 3.05) is 58.4 Å². The summed E-state index contributed by atoms with van der Waals surface area (Å²) in [6.07, 6.45) is 9.04. The molecule has 2 heterocycles. The quantitative estimate of drug-likeness (QED) is 0.236. The molecule has 3 N–H and O–H groups in total. The number of likely N-dealkylation sites (N-methyl/N-ethyl adjacent to an activating group) is 1. The molecule has 8 nitrogen and oxygen atoms in total. The molecule has 0 bridgehead atoms. The van der Waals surface area contributed by atoms with Gasteiger partial charge in [-0.2, -0.15) is 0 Å². The van der Waals surface area contributed by atoms with E-state index in [0.717, 1.165) is 39.0 Å². The van der Waals surface area contributed by atoms with E-state index >= 15 is 0 Å². The molecule has 3 aromatic carbocycles. The molecule has 2 fully saturated rings. The van der Waals surface area contributed by atoms with Gasteiger partial charge in [0.2, 0.25) is 0 Å². The van der Waals surface area contributed by atoms with Crippen LogP contribution < -0.4 is 15.8 Å². The number of carbonyl (C=O) groups excluding carboxylic acids is 1. The van der Waals surface area contributed by atoms with Crippen molar-refractivity contribution in [1.82, 2.24) is 15.1 Å². The standard InChI is InChI=1S/C21H21N.C17H27N3O4S/c1-22-14-12-18(13-15-22)21-19-8-4-2-6-16(19)10-11-17-7-3-5-9-20(17)21;1-4-20-8-6-7-12(20)11-19-17(21)13-9-16(25(22,23)5-2)14(18)10-15(13)24-3/h2-11H,12-15H2,1H3;9-10,12H,4-8,11,18H2,1-3H3,(H,19,21). The third-order valence-corrected chi connectivity index (χ3v) is 11.3. The summed E-state index contributed by atoms with van der Waals surface area (Å²) in [4.78, 5) is 17.3. The highest BCUT2D eigenvalue weighted by molar-refractivity contribution is 7.91. The maximum Gasteiger partial charge on any atom is 0.255 e. The van der Waals surface area contributed by atoms with Crippen LogP contribution in [0.5, 0.6) is 5.75 Å². The highest BCUT2D eigenvalue weighted by atomic mass is 32.2. The van der Waals surface area contributed by atoms with E-state index in [1.54, 1.807) is 5.57 Å². The van der Waals surface area contributed by atoms with Gasteiger partial charge in [-0.05, 0) is 79.7 Å². The van der Waals surface area contributed by atoms with Crippen molar-refractivity contribution in [2.24, 2.45) is 0 Å². The number of anilines is 1. The van der Waals surface area contributed by atoms with Gasteiger partial charge in [0.15, 0.2) is 9.84 Å². The molecule has 0 aromatic heterocycles. The van der Waals surface area contributed by atoms with Crippen LogP contribution in [-0.4, -0.2) is 82.8 Å². The number of nitrogens with zero attached hydrogens (tertiary/aromatic N) is 2. The van der Waals surface area contributed by atoms with Crippen LogP contribution in [0, 0.1) is 0 Å². The lowest BCUT2D eigenvalue weighted by Crippen LogP contribution is -2.40. The molecule has 1 aliphatic carbocycles. The summed E-state index contributed by atoms with van der Waals surface area (Å²) >= 11 is 0. The Morgan fingerprint density at radius 2 is 1.57 bits per heavy atom. The van der Waals surface area contributed by atoms with Crippen LogP contribution in [0.4, 0.5) is 5.69 Å². The molecule has 0 saturated carbocycles. The fraction of sp³-hybridized carbons (Fsp3) is 0.395. The number of nitrogens with two attached hydrogens (primary N) is 1. The molecule has 2 aliphatic heterocycles. The Hall–Kier alpha value is -3.92. The second-order valence-electron chi connectivity index (χ2n) is 12.4. The van der Waals surface area contributed by atoms with Crippen LogP contribution >= 0.6 is 0 Å². The van der Waals surface area contributed by atoms with E-state index in [1.807, 2.05) is 0 Å². The lowest BCUT2D eigenvalue weighted by atomic mass is 9.86. The number of hydrogen-bond acceptors (Lipinski definition) is 7. The molecule has 250 valence electrons. The van der Waals surface area contributed by atoms with Gasteiger partial charge < -0.3 is 20.7 Å². The molecule has 2 saturated heterocycles. The number of sulfone groups is 1. The molecular weight excluding hydrogens is 609 g/mol. The van der Waals surface area contributed by atoms with Gasteiger partial charge in [-0.15, -0.1) is 0 Å². The SMILES string of the molecule is CCN1CCCC1CNC(=O)c1cc(S(=O)(=O)CC)c(N)cc1OC.CN1CCC(=C2c3ccccc3C=Cc3ccccc32)CC1. The number of likely N-dealkylation sites (tertiary alicyclic amines) is 2. The van der Waals surface area contributed by atoms with Crippen molar-refractivity contribution in [3.8, 4) is 5.75 Å². The number of ether oxygens (including phenoxy) is 1. The van der Waals surface area contributed by atoms with E-state index in [-0.39, 0.29) is 33.6 Å². The number of rotatable bonds is 7. The smallest absolute Gasteiger partial charge is 0.255 e. The zero-order chi connectivity index (χ0) is 33.6. The molecule has 3 aromatic rings. The second kappa shape index (κ2) is 15.3. The Morgan fingerprint density at radius 3 is 2.15 bits per heavy atom. The van der Waals surface area contributed by atoms with E-state index in [2.05, 4.69) is 89.8 Å². The Kier molecular flexibility index (Phi) is 11.2. The number of fused-ring (bicyclic) bond motifs is 2. The van der Waals surface area contributed by atoms with Crippen LogP contribution in [0.3, 0.4) is 0 Å². The number of nitrogens with one attached hydrogen (secondary N) is 1. The molecular formula is C38H48N4O4S. The van der Waals surface area contributed by atoms with Gasteiger partial charge in [0, 0.05) is 31.7 Å². The van der Waals surface area contributed by atoms with E-state index in [9.17, 15) is 13.2 Å². The lowest BCUT2D eigenvalue weighted by molar-refractivity contribution is 0.0938. The molecule has 1 unspecified atom stereocenters. The third-order valence-electron chi connectivity index (χ3n) is 9.54. The average molecular weight is 657 g/mol. The Labute approximate surface area is 280 Å². The maximum atomic E-state index is 12.6. The van der Waals surface area contributed by atoms with Gasteiger partial charge in [0.05, 0.1) is 29.0 Å². The number of hydrogen-bond donors (Lipinski definition) is 2. The van der Waals surface area contributed by atoms with Gasteiger partial charge in [0.25, 0.3) is 5.91 Å². The highest BCUT2D eigenvalue weighted by Gasteiger charge is 2.26. The Morgan fingerprint density at radius 1 is 0.957 bits per heavy atom. The van der Waals surface area contributed by atoms with Crippen molar-refractivity contribution >= 4 is 39.2 Å². The predicted octanol–water partition coefficient (Wildman–Crippen LogP) is 5.98. The first-order valence-electron chi connectivity index (χ1n) is 16.7. The van der Waals surface area contributed by atoms with Crippen molar-refractivity contribution in [3.63, 3.8) is 0 Å². The predicted molar refractivity (Wildman–Crippen MR) is 192 cm³/mol. The van der Waals surface area contributed by atoms with Crippen LogP contribution in [0.25, 0.3) is 17.7 Å². The molecule has 3 aliphatic rings. The fourth-order valence-electron chi connectivity index (χ4n) is 6.78. The zero-order valence-electron chi connectivity index (χ0n) is 28.1. The first-order chi connectivity index (χ1) is 22.7. The van der Waals surface area contributed by atoms with Crippen LogP contribution in [0.2, 0.25) is 0 Å². The van der Waals surface area contributed by atoms with Crippen molar-refractivity contribution < 1.29 is 17.9 Å². The normalized spacial score (nSPS) is 18.1. The van der Waals surface area contributed by atoms with Gasteiger partial charge in [-0.1, -0.05) is 80.1 Å². The average Bonchev–Trinajstić information content (AvgIpc) is 3.48. The van der Waals surface area contributed by atoms with Crippen LogP contribution in [0.15, 0.2) is 71.1 Å². The van der Waals surface area contributed by atoms with Gasteiger partial charge in [-0.3, -0.25) is 9.69 Å². The largest absolute Gasteiger partial charge is 0.496 e. The summed E-state index contributed by atoms with van der Waals surface area (Å²) in [5.41, 5.74) is 14.7. The minimum Gasteiger partial charge on any atom is -0.496 e. The van der Waals surface area contributed by atoms with Gasteiger partial charge in [-0.25, -0.2) is 8.42 Å². The second-order valence-corrected chi connectivity index (χ2v) is 14.7. The minimum absolute atomic E-state index is 0.0306. The van der Waals surface area contributed by atoms with E-state index in [4.69, 9.17) is 10.5 Å². The van der Waals surface area contributed by atoms with E-state index in [0.29, 0.717) is 12.6 Å². The number of benzene rings is 3. The lowest BCUT2D eigenvalue weighted by Gasteiger charge is -2.27. The number of carbonyl (C=O) groups is 1. The number of nitrogen functional groups attached to an aromatic ring is 1. The van der Waals surface area contributed by atoms with E-state index in [1.165, 1.54) is 66.8 Å². The van der Waals surface area contributed by atoms with Crippen LogP contribution in [0.1, 0.15) is 72.1 Å². The summed E-state index contributed by atoms with van der Waals surface area (Å²) < 4.78 is 29.6. The molecule has 1 atom stereocenters. The summed E-state index contributed by atoms with van der Waals surface area (Å²) in [7, 11) is 0.124. The monoisotopic (exact) mass is 656 g/mol. The minimum atomic E-state index is -3.52. The number of piperidine rings is 1. The van der Waals surface area contributed by atoms with E-state index < -0.39 is 9.84 Å². The maximum absolute atomic E-state index is 12.6. The summed E-state index contributed by atoms with van der Waals surface area (Å²) in [6, 6.07) is 20.6. The molecule has 6 rings (SSSR count).